The van der Waals surface area contributed by atoms with Crippen molar-refractivity contribution in [3.8, 4) is 11.5 Å². The first-order valence-electron chi connectivity index (χ1n) is 8.63. The fourth-order valence-corrected chi connectivity index (χ4v) is 3.06. The molecule has 2 aromatic carbocycles. The van der Waals surface area contributed by atoms with E-state index in [1.54, 1.807) is 31.4 Å². The van der Waals surface area contributed by atoms with Crippen LogP contribution >= 0.6 is 0 Å². The zero-order chi connectivity index (χ0) is 18.8. The highest BCUT2D eigenvalue weighted by Crippen LogP contribution is 2.32. The average Bonchev–Trinajstić information content (AvgIpc) is 3.11. The first-order chi connectivity index (χ1) is 13.1. The van der Waals surface area contributed by atoms with Gasteiger partial charge in [-0.15, -0.1) is 0 Å². The standard InChI is InChI=1S/C20H19N3O4/c1-23(20(25)15-11-21-16-5-3-2-4-14(15)16)12-19(24)22-13-6-7-17-18(10-13)27-9-8-26-17/h2-7,10-11,21H,8-9,12H2,1H3,(H,22,24). The lowest BCUT2D eigenvalue weighted by molar-refractivity contribution is -0.116. The quantitative estimate of drug-likeness (QED) is 0.745. The number of nitrogens with one attached hydrogen (secondary N) is 2. The molecule has 3 aromatic rings. The zero-order valence-corrected chi connectivity index (χ0v) is 14.8. The van der Waals surface area contributed by atoms with E-state index in [2.05, 4.69) is 10.3 Å². The van der Waals surface area contributed by atoms with E-state index in [9.17, 15) is 9.59 Å². The highest BCUT2D eigenvalue weighted by Gasteiger charge is 2.19. The maximum Gasteiger partial charge on any atom is 0.256 e. The van der Waals surface area contributed by atoms with Gasteiger partial charge in [-0.1, -0.05) is 18.2 Å². The summed E-state index contributed by atoms with van der Waals surface area (Å²) in [6.07, 6.45) is 1.67. The summed E-state index contributed by atoms with van der Waals surface area (Å²) in [4.78, 5) is 29.5. The number of aromatic amines is 1. The summed E-state index contributed by atoms with van der Waals surface area (Å²) in [7, 11) is 1.60. The Morgan fingerprint density at radius 2 is 1.89 bits per heavy atom. The Hall–Kier alpha value is -3.48. The van der Waals surface area contributed by atoms with Crippen LogP contribution < -0.4 is 14.8 Å². The van der Waals surface area contributed by atoms with Gasteiger partial charge in [0.05, 0.1) is 12.1 Å². The minimum Gasteiger partial charge on any atom is -0.486 e. The molecule has 1 aromatic heterocycles. The number of hydrogen-bond acceptors (Lipinski definition) is 4. The van der Waals surface area contributed by atoms with Crippen LogP contribution in [0.3, 0.4) is 0 Å². The topological polar surface area (TPSA) is 83.7 Å². The van der Waals surface area contributed by atoms with E-state index in [1.807, 2.05) is 24.3 Å². The number of ether oxygens (including phenoxy) is 2. The van der Waals surface area contributed by atoms with Crippen LogP contribution in [0.2, 0.25) is 0 Å². The van der Waals surface area contributed by atoms with Crippen molar-refractivity contribution in [3.05, 3.63) is 54.2 Å². The summed E-state index contributed by atoms with van der Waals surface area (Å²) in [5.74, 6) is 0.750. The lowest BCUT2D eigenvalue weighted by Crippen LogP contribution is -2.34. The van der Waals surface area contributed by atoms with Crippen molar-refractivity contribution in [2.45, 2.75) is 0 Å². The van der Waals surface area contributed by atoms with Crippen LogP contribution in [-0.2, 0) is 4.79 Å². The van der Waals surface area contributed by atoms with Gasteiger partial charge in [0.2, 0.25) is 5.91 Å². The number of carbonyl (C=O) groups is 2. The number of hydrogen-bond donors (Lipinski definition) is 2. The highest BCUT2D eigenvalue weighted by molar-refractivity contribution is 6.08. The second-order valence-corrected chi connectivity index (χ2v) is 6.32. The molecule has 1 aliphatic heterocycles. The Labute approximate surface area is 155 Å². The van der Waals surface area contributed by atoms with E-state index in [-0.39, 0.29) is 18.4 Å². The third-order valence-electron chi connectivity index (χ3n) is 4.37. The highest BCUT2D eigenvalue weighted by atomic mass is 16.6. The molecule has 0 atom stereocenters. The molecule has 0 aliphatic carbocycles. The van der Waals surface area contributed by atoms with Gasteiger partial charge in [-0.2, -0.15) is 0 Å². The molecule has 0 fully saturated rings. The number of para-hydroxylation sites is 1. The summed E-state index contributed by atoms with van der Waals surface area (Å²) in [5.41, 5.74) is 2.02. The van der Waals surface area contributed by atoms with Crippen molar-refractivity contribution in [3.63, 3.8) is 0 Å². The minimum atomic E-state index is -0.289. The number of nitrogens with zero attached hydrogens (tertiary/aromatic N) is 1. The average molecular weight is 365 g/mol. The predicted molar refractivity (Wildman–Crippen MR) is 101 cm³/mol. The number of aromatic nitrogens is 1. The molecule has 7 nitrogen and oxygen atoms in total. The van der Waals surface area contributed by atoms with Gasteiger partial charge in [0.1, 0.15) is 13.2 Å². The van der Waals surface area contributed by atoms with E-state index in [0.29, 0.717) is 36.0 Å². The van der Waals surface area contributed by atoms with Gasteiger partial charge in [-0.25, -0.2) is 0 Å². The van der Waals surface area contributed by atoms with Gasteiger partial charge in [0, 0.05) is 35.9 Å². The van der Waals surface area contributed by atoms with E-state index in [4.69, 9.17) is 9.47 Å². The fraction of sp³-hybridized carbons (Fsp3) is 0.200. The summed E-state index contributed by atoms with van der Waals surface area (Å²) in [6, 6.07) is 12.8. The van der Waals surface area contributed by atoms with E-state index in [0.717, 1.165) is 10.9 Å². The Kier molecular flexibility index (Phi) is 4.42. The SMILES string of the molecule is CN(CC(=O)Nc1ccc2c(c1)OCCO2)C(=O)c1c[nH]c2ccccc12. The van der Waals surface area contributed by atoms with Crippen LogP contribution in [0.4, 0.5) is 5.69 Å². The molecule has 2 heterocycles. The second-order valence-electron chi connectivity index (χ2n) is 6.32. The monoisotopic (exact) mass is 365 g/mol. The van der Waals surface area contributed by atoms with Gasteiger partial charge in [0.25, 0.3) is 5.91 Å². The fourth-order valence-electron chi connectivity index (χ4n) is 3.06. The first kappa shape index (κ1) is 17.0. The molecule has 0 unspecified atom stereocenters. The number of anilines is 1. The molecule has 27 heavy (non-hydrogen) atoms. The lowest BCUT2D eigenvalue weighted by atomic mass is 10.1. The van der Waals surface area contributed by atoms with E-state index < -0.39 is 0 Å². The van der Waals surface area contributed by atoms with Crippen LogP contribution in [0, 0.1) is 0 Å². The van der Waals surface area contributed by atoms with Crippen LogP contribution in [-0.4, -0.2) is 48.5 Å². The van der Waals surface area contributed by atoms with E-state index >= 15 is 0 Å². The molecule has 0 saturated carbocycles. The summed E-state index contributed by atoms with van der Waals surface area (Å²) in [6.45, 7) is 0.929. The maximum atomic E-state index is 12.7. The van der Waals surface area contributed by atoms with Gasteiger partial charge in [0.15, 0.2) is 11.5 Å². The Bertz CT molecular complexity index is 1010. The molecular formula is C20H19N3O4. The predicted octanol–water partition coefficient (Wildman–Crippen LogP) is 2.65. The third-order valence-corrected chi connectivity index (χ3v) is 4.37. The number of carbonyl (C=O) groups excluding carboxylic acids is 2. The minimum absolute atomic E-state index is 0.0627. The molecule has 7 heteroatoms. The normalized spacial score (nSPS) is 12.6. The largest absolute Gasteiger partial charge is 0.486 e. The van der Waals surface area contributed by atoms with Gasteiger partial charge < -0.3 is 24.7 Å². The molecule has 2 amide bonds. The number of amides is 2. The van der Waals surface area contributed by atoms with Crippen LogP contribution in [0.15, 0.2) is 48.7 Å². The molecule has 0 bridgehead atoms. The Morgan fingerprint density at radius 1 is 1.11 bits per heavy atom. The molecule has 0 spiro atoms. The maximum absolute atomic E-state index is 12.7. The van der Waals surface area contributed by atoms with Crippen molar-refractivity contribution >= 4 is 28.4 Å². The zero-order valence-electron chi connectivity index (χ0n) is 14.8. The second kappa shape index (κ2) is 7.03. The van der Waals surface area contributed by atoms with Crippen molar-refractivity contribution in [1.29, 1.82) is 0 Å². The van der Waals surface area contributed by atoms with Gasteiger partial charge in [-0.3, -0.25) is 9.59 Å². The molecule has 0 saturated heterocycles. The number of rotatable bonds is 4. The summed E-state index contributed by atoms with van der Waals surface area (Å²) < 4.78 is 11.0. The molecule has 2 N–H and O–H groups in total. The Balaban J connectivity index is 1.42. The van der Waals surface area contributed by atoms with Crippen molar-refractivity contribution in [2.75, 3.05) is 32.1 Å². The lowest BCUT2D eigenvalue weighted by Gasteiger charge is -2.20. The molecule has 138 valence electrons. The van der Waals surface area contributed by atoms with E-state index in [1.165, 1.54) is 4.90 Å². The van der Waals surface area contributed by atoms with Crippen molar-refractivity contribution in [2.24, 2.45) is 0 Å². The molecule has 4 rings (SSSR count). The first-order valence-corrected chi connectivity index (χ1v) is 8.63. The van der Waals surface area contributed by atoms with Crippen LogP contribution in [0.25, 0.3) is 10.9 Å². The van der Waals surface area contributed by atoms with Crippen molar-refractivity contribution in [1.82, 2.24) is 9.88 Å². The summed E-state index contributed by atoms with van der Waals surface area (Å²) >= 11 is 0. The van der Waals surface area contributed by atoms with Crippen LogP contribution in [0.1, 0.15) is 10.4 Å². The molecule has 1 aliphatic rings. The number of likely N-dealkylation sites (N-methyl/N-ethyl adjacent to an activating group) is 1. The molecular weight excluding hydrogens is 346 g/mol. The number of H-pyrrole nitrogens is 1. The molecule has 0 radical (unpaired) electrons. The van der Waals surface area contributed by atoms with Gasteiger partial charge >= 0.3 is 0 Å². The van der Waals surface area contributed by atoms with Gasteiger partial charge in [-0.05, 0) is 18.2 Å². The smallest absolute Gasteiger partial charge is 0.256 e. The van der Waals surface area contributed by atoms with Crippen LogP contribution in [0.5, 0.6) is 11.5 Å². The summed E-state index contributed by atoms with van der Waals surface area (Å²) in [5, 5.41) is 3.62. The number of benzene rings is 2. The number of fused-ring (bicyclic) bond motifs is 2. The van der Waals surface area contributed by atoms with Crippen molar-refractivity contribution < 1.29 is 19.1 Å². The third kappa shape index (κ3) is 3.44. The Morgan fingerprint density at radius 3 is 2.74 bits per heavy atom.